The Labute approximate surface area is 69.3 Å². The van der Waals surface area contributed by atoms with Crippen LogP contribution >= 0.6 is 11.6 Å². The van der Waals surface area contributed by atoms with E-state index in [1.54, 1.807) is 12.3 Å². The van der Waals surface area contributed by atoms with Gasteiger partial charge in [0.1, 0.15) is 12.3 Å². The first-order valence-electron chi connectivity index (χ1n) is 3.39. The minimum absolute atomic E-state index is 0.601. The molecule has 3 nitrogen and oxygen atoms in total. The lowest BCUT2D eigenvalue weighted by Crippen LogP contribution is -2.18. The molecule has 0 saturated carbocycles. The summed E-state index contributed by atoms with van der Waals surface area (Å²) in [6, 6.07) is 1.74. The van der Waals surface area contributed by atoms with Gasteiger partial charge in [0.15, 0.2) is 0 Å². The molecule has 0 atom stereocenters. The highest BCUT2D eigenvalue weighted by Crippen LogP contribution is 2.31. The SMILES string of the molecule is Clc1ccnc2c1NCCO2. The Kier molecular flexibility index (Phi) is 1.58. The van der Waals surface area contributed by atoms with E-state index < -0.39 is 0 Å². The van der Waals surface area contributed by atoms with E-state index in [1.807, 2.05) is 0 Å². The number of hydrogen-bond acceptors (Lipinski definition) is 3. The van der Waals surface area contributed by atoms with Gasteiger partial charge in [-0.1, -0.05) is 11.6 Å². The quantitative estimate of drug-likeness (QED) is 0.642. The van der Waals surface area contributed by atoms with Crippen molar-refractivity contribution >= 4 is 17.3 Å². The standard InChI is InChI=1S/C7H7ClN2O/c8-5-1-2-10-7-6(5)9-3-4-11-7/h1-2,9H,3-4H2. The average molecular weight is 171 g/mol. The molecule has 1 aliphatic rings. The van der Waals surface area contributed by atoms with Crippen LogP contribution in [-0.4, -0.2) is 18.1 Å². The fourth-order valence-corrected chi connectivity index (χ4v) is 1.22. The van der Waals surface area contributed by atoms with Crippen molar-refractivity contribution in [2.75, 3.05) is 18.5 Å². The molecule has 58 valence electrons. The second-order valence-corrected chi connectivity index (χ2v) is 2.66. The van der Waals surface area contributed by atoms with Crippen molar-refractivity contribution in [3.05, 3.63) is 17.3 Å². The van der Waals surface area contributed by atoms with Crippen LogP contribution in [0, 0.1) is 0 Å². The van der Waals surface area contributed by atoms with E-state index in [0.717, 1.165) is 12.2 Å². The highest BCUT2D eigenvalue weighted by molar-refractivity contribution is 6.33. The van der Waals surface area contributed by atoms with Crippen LogP contribution in [0.25, 0.3) is 0 Å². The number of aromatic nitrogens is 1. The first-order valence-corrected chi connectivity index (χ1v) is 3.77. The van der Waals surface area contributed by atoms with Crippen LogP contribution in [0.3, 0.4) is 0 Å². The molecule has 0 fully saturated rings. The molecule has 0 unspecified atom stereocenters. The van der Waals surface area contributed by atoms with Gasteiger partial charge in [-0.05, 0) is 6.07 Å². The molecule has 4 heteroatoms. The monoisotopic (exact) mass is 170 g/mol. The normalized spacial score (nSPS) is 14.6. The summed E-state index contributed by atoms with van der Waals surface area (Å²) in [4.78, 5) is 4.01. The lowest BCUT2D eigenvalue weighted by Gasteiger charge is -2.18. The molecule has 0 spiro atoms. The van der Waals surface area contributed by atoms with Gasteiger partial charge in [-0.3, -0.25) is 0 Å². The van der Waals surface area contributed by atoms with E-state index in [9.17, 15) is 0 Å². The van der Waals surface area contributed by atoms with Gasteiger partial charge in [-0.2, -0.15) is 0 Å². The number of halogens is 1. The molecule has 0 radical (unpaired) electrons. The molecule has 0 aromatic carbocycles. The number of anilines is 1. The van der Waals surface area contributed by atoms with E-state index in [4.69, 9.17) is 16.3 Å². The second-order valence-electron chi connectivity index (χ2n) is 2.25. The summed E-state index contributed by atoms with van der Waals surface area (Å²) in [7, 11) is 0. The number of nitrogens with zero attached hydrogens (tertiary/aromatic N) is 1. The molecule has 0 amide bonds. The lowest BCUT2D eigenvalue weighted by molar-refractivity contribution is 0.310. The minimum Gasteiger partial charge on any atom is -0.474 e. The fraction of sp³-hybridized carbons (Fsp3) is 0.286. The number of nitrogens with one attached hydrogen (secondary N) is 1. The summed E-state index contributed by atoms with van der Waals surface area (Å²) in [5, 5.41) is 3.77. The third kappa shape index (κ3) is 1.12. The van der Waals surface area contributed by atoms with Crippen molar-refractivity contribution in [1.29, 1.82) is 0 Å². The third-order valence-electron chi connectivity index (χ3n) is 1.51. The van der Waals surface area contributed by atoms with Gasteiger partial charge >= 0.3 is 0 Å². The summed E-state index contributed by atoms with van der Waals surface area (Å²) in [5.74, 6) is 0.601. The Balaban J connectivity index is 2.49. The van der Waals surface area contributed by atoms with Crippen LogP contribution < -0.4 is 10.1 Å². The zero-order valence-electron chi connectivity index (χ0n) is 5.80. The molecule has 1 N–H and O–H groups in total. The third-order valence-corrected chi connectivity index (χ3v) is 1.82. The maximum absolute atomic E-state index is 5.86. The van der Waals surface area contributed by atoms with Crippen LogP contribution in [0.1, 0.15) is 0 Å². The fourth-order valence-electron chi connectivity index (χ4n) is 1.01. The van der Waals surface area contributed by atoms with Crippen molar-refractivity contribution in [3.8, 4) is 5.88 Å². The zero-order chi connectivity index (χ0) is 7.68. The largest absolute Gasteiger partial charge is 0.474 e. The predicted molar refractivity (Wildman–Crippen MR) is 43.2 cm³/mol. The molecule has 2 heterocycles. The van der Waals surface area contributed by atoms with Crippen LogP contribution in [0.15, 0.2) is 12.3 Å². The first-order chi connectivity index (χ1) is 5.38. The van der Waals surface area contributed by atoms with E-state index in [2.05, 4.69) is 10.3 Å². The van der Waals surface area contributed by atoms with Gasteiger partial charge in [0, 0.05) is 12.7 Å². The maximum Gasteiger partial charge on any atom is 0.238 e. The Morgan fingerprint density at radius 1 is 1.64 bits per heavy atom. The number of hydrogen-bond donors (Lipinski definition) is 1. The molecule has 1 aromatic rings. The van der Waals surface area contributed by atoms with Crippen LogP contribution in [-0.2, 0) is 0 Å². The van der Waals surface area contributed by atoms with E-state index in [1.165, 1.54) is 0 Å². The van der Waals surface area contributed by atoms with Crippen LogP contribution in [0.2, 0.25) is 5.02 Å². The van der Waals surface area contributed by atoms with Gasteiger partial charge in [0.05, 0.1) is 5.02 Å². The molecule has 1 aliphatic heterocycles. The molecule has 1 aromatic heterocycles. The van der Waals surface area contributed by atoms with Crippen molar-refractivity contribution in [1.82, 2.24) is 4.98 Å². The zero-order valence-corrected chi connectivity index (χ0v) is 6.56. The van der Waals surface area contributed by atoms with E-state index in [-0.39, 0.29) is 0 Å². The minimum atomic E-state index is 0.601. The topological polar surface area (TPSA) is 34.2 Å². The highest BCUT2D eigenvalue weighted by atomic mass is 35.5. The van der Waals surface area contributed by atoms with Crippen LogP contribution in [0.4, 0.5) is 5.69 Å². The number of ether oxygens (including phenoxy) is 1. The summed E-state index contributed by atoms with van der Waals surface area (Å²) >= 11 is 5.86. The van der Waals surface area contributed by atoms with Crippen molar-refractivity contribution in [3.63, 3.8) is 0 Å². The van der Waals surface area contributed by atoms with Gasteiger partial charge < -0.3 is 10.1 Å². The summed E-state index contributed by atoms with van der Waals surface area (Å²) in [6.07, 6.45) is 1.63. The van der Waals surface area contributed by atoms with Gasteiger partial charge in [0.2, 0.25) is 5.88 Å². The van der Waals surface area contributed by atoms with Crippen LogP contribution in [0.5, 0.6) is 5.88 Å². The smallest absolute Gasteiger partial charge is 0.238 e. The number of rotatable bonds is 0. The van der Waals surface area contributed by atoms with Gasteiger partial charge in [-0.25, -0.2) is 4.98 Å². The Morgan fingerprint density at radius 3 is 3.36 bits per heavy atom. The Hall–Kier alpha value is -0.960. The lowest BCUT2D eigenvalue weighted by atomic mass is 10.3. The van der Waals surface area contributed by atoms with Gasteiger partial charge in [-0.15, -0.1) is 0 Å². The molecular weight excluding hydrogens is 164 g/mol. The Bertz CT molecular complexity index is 277. The molecule has 0 aliphatic carbocycles. The average Bonchev–Trinajstić information content (AvgIpc) is 2.06. The molecule has 0 saturated heterocycles. The van der Waals surface area contributed by atoms with Crippen molar-refractivity contribution < 1.29 is 4.74 Å². The molecule has 2 rings (SSSR count). The van der Waals surface area contributed by atoms with E-state index >= 15 is 0 Å². The van der Waals surface area contributed by atoms with Crippen molar-refractivity contribution in [2.45, 2.75) is 0 Å². The summed E-state index contributed by atoms with van der Waals surface area (Å²) in [6.45, 7) is 1.44. The summed E-state index contributed by atoms with van der Waals surface area (Å²) in [5.41, 5.74) is 0.806. The highest BCUT2D eigenvalue weighted by Gasteiger charge is 2.12. The molecular formula is C7H7ClN2O. The molecule has 11 heavy (non-hydrogen) atoms. The van der Waals surface area contributed by atoms with Gasteiger partial charge in [0.25, 0.3) is 0 Å². The maximum atomic E-state index is 5.86. The number of fused-ring (bicyclic) bond motifs is 1. The number of pyridine rings is 1. The predicted octanol–water partition coefficient (Wildman–Crippen LogP) is 1.54. The second kappa shape index (κ2) is 2.58. The van der Waals surface area contributed by atoms with E-state index in [0.29, 0.717) is 17.5 Å². The summed E-state index contributed by atoms with van der Waals surface area (Å²) < 4.78 is 5.25. The first kappa shape index (κ1) is 6.73. The Morgan fingerprint density at radius 2 is 2.55 bits per heavy atom. The van der Waals surface area contributed by atoms with Crippen molar-refractivity contribution in [2.24, 2.45) is 0 Å². The molecule has 0 bridgehead atoms.